The number of rotatable bonds is 4. The van der Waals surface area contributed by atoms with Crippen LogP contribution in [0.25, 0.3) is 0 Å². The lowest BCUT2D eigenvalue weighted by Crippen LogP contribution is -2.59. The van der Waals surface area contributed by atoms with Crippen LogP contribution in [0.3, 0.4) is 0 Å². The lowest BCUT2D eigenvalue weighted by atomic mass is 9.52. The average molecular weight is 407 g/mol. The monoisotopic (exact) mass is 407 g/mol. The number of likely N-dealkylation sites (N-methyl/N-ethyl adjacent to an activating group) is 1. The van der Waals surface area contributed by atoms with Gasteiger partial charge in [0.25, 0.3) is 0 Å². The van der Waals surface area contributed by atoms with Gasteiger partial charge in [0.05, 0.1) is 0 Å². The Hall–Kier alpha value is -2.00. The molecule has 4 rings (SSSR count). The molecular weight excluding hydrogens is 378 g/mol. The molecule has 1 heterocycles. The number of carbonyl (C=O) groups is 2. The van der Waals surface area contributed by atoms with Crippen molar-refractivity contribution in [3.63, 3.8) is 0 Å². The number of ether oxygens (including phenoxy) is 1. The summed E-state index contributed by atoms with van der Waals surface area (Å²) in [5.41, 5.74) is 2.62. The van der Waals surface area contributed by atoms with E-state index in [1.54, 1.807) is 6.07 Å². The van der Waals surface area contributed by atoms with Crippen LogP contribution in [0.2, 0.25) is 0 Å². The minimum atomic E-state index is -2.21. The molecule has 8 heteroatoms. The number of carboxylic acid groups (broad SMARTS) is 1. The highest BCUT2D eigenvalue weighted by molar-refractivity contribution is 5.85. The smallest absolute Gasteiger partial charge is 0.343 e. The number of piperidine rings is 1. The van der Waals surface area contributed by atoms with Crippen molar-refractivity contribution in [2.45, 2.75) is 62.2 Å². The van der Waals surface area contributed by atoms with Crippen LogP contribution in [-0.2, 0) is 21.4 Å². The van der Waals surface area contributed by atoms with E-state index in [2.05, 4.69) is 11.9 Å². The average Bonchev–Trinajstić information content (AvgIpc) is 2.69. The summed E-state index contributed by atoms with van der Waals surface area (Å²) in [6.45, 7) is 1.05. The highest BCUT2D eigenvalue weighted by Crippen LogP contribution is 2.55. The second-order valence-electron chi connectivity index (χ2n) is 8.48. The Bertz CT molecular complexity index is 797. The molecule has 3 aliphatic rings. The van der Waals surface area contributed by atoms with Crippen molar-refractivity contribution in [1.29, 1.82) is 0 Å². The molecule has 29 heavy (non-hydrogen) atoms. The topological polar surface area (TPSA) is 139 Å². The maximum atomic E-state index is 12.1. The molecule has 5 atom stereocenters. The van der Waals surface area contributed by atoms with Crippen LogP contribution >= 0.6 is 0 Å². The molecule has 160 valence electrons. The number of aliphatic carboxylic acids is 1. The molecule has 0 radical (unpaired) electrons. The van der Waals surface area contributed by atoms with Gasteiger partial charge in [0.1, 0.15) is 5.75 Å². The second-order valence-corrected chi connectivity index (χ2v) is 8.48. The molecule has 5 N–H and O–H groups in total. The lowest BCUT2D eigenvalue weighted by Gasteiger charge is -2.58. The number of aliphatic hydroxyl groups excluding tert-OH is 2. The lowest BCUT2D eigenvalue weighted by molar-refractivity contribution is -0.164. The van der Waals surface area contributed by atoms with E-state index in [-0.39, 0.29) is 16.6 Å². The Labute approximate surface area is 169 Å². The highest BCUT2D eigenvalue weighted by atomic mass is 16.6. The maximum Gasteiger partial charge on any atom is 0.343 e. The van der Waals surface area contributed by atoms with Crippen molar-refractivity contribution in [3.8, 4) is 5.75 Å². The Balaban J connectivity index is 0.00000240. The van der Waals surface area contributed by atoms with Gasteiger partial charge in [-0.3, -0.25) is 0 Å². The number of esters is 1. The standard InChI is InChI=1S/C21H27NO6.H2O/c1-22-9-8-21-7-3-2-4-14(21)16(22)10-12-5-6-13(11-15(12)21)28-20(27)18(24)17(23)19(25)26;/h5-6,11,14,16-18,23-24H,2-4,7-10H2,1H3,(H,25,26);1H2/t14-,16+,17?,18?,21+;/m0./s1. The number of nitrogens with zero attached hydrogens (tertiary/aromatic N) is 1. The molecule has 1 aliphatic heterocycles. The summed E-state index contributed by atoms with van der Waals surface area (Å²) in [6.07, 6.45) is 2.51. The number of carbonyl (C=O) groups excluding carboxylic acids is 1. The molecular formula is C21H29NO7. The molecule has 1 saturated carbocycles. The van der Waals surface area contributed by atoms with E-state index in [4.69, 9.17) is 9.84 Å². The molecule has 8 nitrogen and oxygen atoms in total. The van der Waals surface area contributed by atoms with Crippen LogP contribution in [0.5, 0.6) is 5.75 Å². The first kappa shape index (κ1) is 21.7. The van der Waals surface area contributed by atoms with Crippen LogP contribution in [-0.4, -0.2) is 69.5 Å². The molecule has 0 amide bonds. The van der Waals surface area contributed by atoms with Crippen LogP contribution in [0.1, 0.15) is 43.2 Å². The first-order chi connectivity index (χ1) is 13.3. The van der Waals surface area contributed by atoms with E-state index >= 15 is 0 Å². The summed E-state index contributed by atoms with van der Waals surface area (Å²) >= 11 is 0. The minimum absolute atomic E-state index is 0. The molecule has 0 spiro atoms. The van der Waals surface area contributed by atoms with E-state index in [0.717, 1.165) is 25.8 Å². The van der Waals surface area contributed by atoms with Gasteiger partial charge in [0.15, 0.2) is 12.2 Å². The summed E-state index contributed by atoms with van der Waals surface area (Å²) in [5.74, 6) is -1.95. The number of fused-ring (bicyclic) bond motifs is 1. The largest absolute Gasteiger partial charge is 0.479 e. The molecule has 1 aromatic carbocycles. The van der Waals surface area contributed by atoms with Crippen molar-refractivity contribution in [1.82, 2.24) is 4.90 Å². The Kier molecular flexibility index (Phi) is 6.01. The zero-order valence-electron chi connectivity index (χ0n) is 16.5. The third-order valence-corrected chi connectivity index (χ3v) is 7.10. The van der Waals surface area contributed by atoms with Gasteiger partial charge in [-0.15, -0.1) is 0 Å². The summed E-state index contributed by atoms with van der Waals surface area (Å²) in [4.78, 5) is 25.3. The number of carboxylic acids is 1. The predicted octanol–water partition coefficient (Wildman–Crippen LogP) is 0.262. The van der Waals surface area contributed by atoms with Gasteiger partial charge in [-0.1, -0.05) is 18.9 Å². The Morgan fingerprint density at radius 1 is 1.21 bits per heavy atom. The molecule has 1 saturated heterocycles. The van der Waals surface area contributed by atoms with Gasteiger partial charge >= 0.3 is 11.9 Å². The van der Waals surface area contributed by atoms with Crippen molar-refractivity contribution in [3.05, 3.63) is 29.3 Å². The van der Waals surface area contributed by atoms with Gasteiger partial charge in [0.2, 0.25) is 0 Å². The summed E-state index contributed by atoms with van der Waals surface area (Å²) in [6, 6.07) is 6.11. The number of benzene rings is 1. The first-order valence-electron chi connectivity index (χ1n) is 9.98. The normalized spacial score (nSPS) is 30.2. The van der Waals surface area contributed by atoms with Gasteiger partial charge in [0, 0.05) is 11.5 Å². The van der Waals surface area contributed by atoms with Crippen molar-refractivity contribution >= 4 is 11.9 Å². The molecule has 2 unspecified atom stereocenters. The number of hydrogen-bond acceptors (Lipinski definition) is 6. The molecule has 2 fully saturated rings. The summed E-state index contributed by atoms with van der Waals surface area (Å²) in [5, 5.41) is 27.8. The van der Waals surface area contributed by atoms with Crippen molar-refractivity contribution < 1.29 is 35.1 Å². The summed E-state index contributed by atoms with van der Waals surface area (Å²) < 4.78 is 5.23. The van der Waals surface area contributed by atoms with E-state index in [0.29, 0.717) is 12.0 Å². The fourth-order valence-corrected chi connectivity index (χ4v) is 5.68. The highest BCUT2D eigenvalue weighted by Gasteiger charge is 2.53. The maximum absolute atomic E-state index is 12.1. The quantitative estimate of drug-likeness (QED) is 0.481. The van der Waals surface area contributed by atoms with Gasteiger partial charge in [-0.25, -0.2) is 9.59 Å². The van der Waals surface area contributed by atoms with Crippen LogP contribution in [0, 0.1) is 5.92 Å². The SMILES string of the molecule is CN1CC[C@]23CCCC[C@H]2[C@H]1Cc1ccc(OC(=O)C(O)C(O)C(=O)O)cc13.O. The van der Waals surface area contributed by atoms with E-state index in [9.17, 15) is 19.8 Å². The van der Waals surface area contributed by atoms with E-state index < -0.39 is 24.1 Å². The van der Waals surface area contributed by atoms with E-state index in [1.165, 1.54) is 30.4 Å². The third-order valence-electron chi connectivity index (χ3n) is 7.10. The van der Waals surface area contributed by atoms with Gasteiger partial charge in [-0.2, -0.15) is 0 Å². The molecule has 2 bridgehead atoms. The number of hydrogen-bond donors (Lipinski definition) is 3. The summed E-state index contributed by atoms with van der Waals surface area (Å²) in [7, 11) is 2.21. The fraction of sp³-hybridized carbons (Fsp3) is 0.619. The Morgan fingerprint density at radius 2 is 1.97 bits per heavy atom. The van der Waals surface area contributed by atoms with Gasteiger partial charge in [-0.05, 0) is 68.5 Å². The van der Waals surface area contributed by atoms with Crippen molar-refractivity contribution in [2.75, 3.05) is 13.6 Å². The predicted molar refractivity (Wildman–Crippen MR) is 104 cm³/mol. The third kappa shape index (κ3) is 3.54. The minimum Gasteiger partial charge on any atom is -0.479 e. The number of aliphatic hydroxyl groups is 2. The molecule has 2 aliphatic carbocycles. The zero-order valence-corrected chi connectivity index (χ0v) is 16.5. The van der Waals surface area contributed by atoms with E-state index in [1.807, 2.05) is 12.1 Å². The van der Waals surface area contributed by atoms with Crippen LogP contribution < -0.4 is 4.74 Å². The fourth-order valence-electron chi connectivity index (χ4n) is 5.68. The molecule has 0 aromatic heterocycles. The van der Waals surface area contributed by atoms with Crippen LogP contribution in [0.15, 0.2) is 18.2 Å². The number of likely N-dealkylation sites (tertiary alicyclic amines) is 1. The van der Waals surface area contributed by atoms with Gasteiger partial charge < -0.3 is 30.4 Å². The Morgan fingerprint density at radius 3 is 2.69 bits per heavy atom. The van der Waals surface area contributed by atoms with Crippen LogP contribution in [0.4, 0.5) is 0 Å². The zero-order chi connectivity index (χ0) is 20.1. The van der Waals surface area contributed by atoms with Crippen molar-refractivity contribution in [2.24, 2.45) is 5.92 Å². The molecule has 1 aromatic rings. The first-order valence-corrected chi connectivity index (χ1v) is 9.98. The second kappa shape index (κ2) is 8.02.